The number of carboxylic acids is 1. The molecule has 43 heavy (non-hydrogen) atoms. The number of rotatable bonds is 9. The third-order valence-electron chi connectivity index (χ3n) is 6.70. The largest absolute Gasteiger partial charge is 0.493 e. The quantitative estimate of drug-likeness (QED) is 0.263. The molecular formula is C31H27ClN2O8S. The number of thiazole rings is 1. The van der Waals surface area contributed by atoms with Crippen LogP contribution in [0.2, 0.25) is 5.02 Å². The number of fused-ring (bicyclic) bond motifs is 1. The number of esters is 1. The average Bonchev–Trinajstić information content (AvgIpc) is 3.56. The van der Waals surface area contributed by atoms with Gasteiger partial charge in [-0.05, 0) is 68.8 Å². The van der Waals surface area contributed by atoms with Crippen LogP contribution in [0.1, 0.15) is 48.5 Å². The molecule has 0 bridgehead atoms. The summed E-state index contributed by atoms with van der Waals surface area (Å²) >= 11 is 7.16. The summed E-state index contributed by atoms with van der Waals surface area (Å²) in [5.74, 6) is 0.0273. The minimum absolute atomic E-state index is 0.0516. The number of furan rings is 1. The molecule has 0 fully saturated rings. The number of aromatic carboxylic acids is 1. The molecule has 0 radical (unpaired) electrons. The molecule has 12 heteroatoms. The zero-order valence-electron chi connectivity index (χ0n) is 23.7. The van der Waals surface area contributed by atoms with E-state index < -0.39 is 18.0 Å². The van der Waals surface area contributed by atoms with E-state index in [1.807, 2.05) is 6.92 Å². The highest BCUT2D eigenvalue weighted by Gasteiger charge is 2.34. The molecule has 1 aliphatic heterocycles. The van der Waals surface area contributed by atoms with Crippen LogP contribution in [0, 0.1) is 0 Å². The van der Waals surface area contributed by atoms with E-state index >= 15 is 0 Å². The van der Waals surface area contributed by atoms with Crippen molar-refractivity contribution in [3.63, 3.8) is 0 Å². The summed E-state index contributed by atoms with van der Waals surface area (Å²) in [5, 5.41) is 9.52. The number of carbonyl (C=O) groups is 2. The predicted molar refractivity (Wildman–Crippen MR) is 161 cm³/mol. The van der Waals surface area contributed by atoms with Crippen molar-refractivity contribution in [2.75, 3.05) is 20.3 Å². The fourth-order valence-corrected chi connectivity index (χ4v) is 6.02. The number of benzene rings is 2. The van der Waals surface area contributed by atoms with Crippen LogP contribution in [0.25, 0.3) is 17.4 Å². The minimum Gasteiger partial charge on any atom is -0.493 e. The Kier molecular flexibility index (Phi) is 8.56. The molecule has 1 aliphatic rings. The highest BCUT2D eigenvalue weighted by Crippen LogP contribution is 2.36. The van der Waals surface area contributed by atoms with Gasteiger partial charge in [0.05, 0.1) is 52.8 Å². The Labute approximate surface area is 254 Å². The lowest BCUT2D eigenvalue weighted by Crippen LogP contribution is -2.39. The Morgan fingerprint density at radius 2 is 1.91 bits per heavy atom. The Morgan fingerprint density at radius 3 is 2.60 bits per heavy atom. The van der Waals surface area contributed by atoms with Crippen molar-refractivity contribution in [2.45, 2.75) is 26.8 Å². The lowest BCUT2D eigenvalue weighted by Gasteiger charge is -2.25. The molecule has 2 aromatic carbocycles. The second kappa shape index (κ2) is 12.3. The number of nitrogens with zero attached hydrogens (tertiary/aromatic N) is 2. The van der Waals surface area contributed by atoms with Gasteiger partial charge in [-0.15, -0.1) is 0 Å². The van der Waals surface area contributed by atoms with Crippen molar-refractivity contribution < 1.29 is 33.3 Å². The number of hydrogen-bond donors (Lipinski definition) is 1. The first-order valence-corrected chi connectivity index (χ1v) is 14.5. The Bertz CT molecular complexity index is 1950. The molecule has 1 atom stereocenters. The van der Waals surface area contributed by atoms with Crippen LogP contribution in [0.3, 0.4) is 0 Å². The van der Waals surface area contributed by atoms with Gasteiger partial charge in [-0.2, -0.15) is 0 Å². The van der Waals surface area contributed by atoms with E-state index in [4.69, 9.17) is 30.2 Å². The van der Waals surface area contributed by atoms with Crippen molar-refractivity contribution in [1.82, 2.24) is 4.57 Å². The maximum absolute atomic E-state index is 13.9. The summed E-state index contributed by atoms with van der Waals surface area (Å²) in [4.78, 5) is 43.6. The normalized spacial score (nSPS) is 14.7. The maximum atomic E-state index is 13.9. The van der Waals surface area contributed by atoms with E-state index in [1.54, 1.807) is 56.3 Å². The second-order valence-electron chi connectivity index (χ2n) is 9.35. The standard InChI is InChI=1S/C31H27ClN2O8S/c1-5-40-24-14-18(8-11-23(24)39-4)27-26(30(38)41-6-2)16(3)33-31-34(27)28(35)25(43-31)15-19-9-12-22(42-19)17-7-10-21(32)20(13-17)29(36)37/h7-15,27H,5-6H2,1-4H3,(H,36,37)/b25-15-/t27-/m1/s1. The Morgan fingerprint density at radius 1 is 1.12 bits per heavy atom. The fraction of sp³-hybridized carbons (Fsp3) is 0.226. The van der Waals surface area contributed by atoms with E-state index in [1.165, 1.54) is 23.8 Å². The number of ether oxygens (including phenoxy) is 3. The first-order valence-electron chi connectivity index (χ1n) is 13.3. The zero-order valence-corrected chi connectivity index (χ0v) is 25.2. The summed E-state index contributed by atoms with van der Waals surface area (Å²) in [6.07, 6.45) is 1.58. The van der Waals surface area contributed by atoms with Crippen LogP contribution in [0.5, 0.6) is 11.5 Å². The van der Waals surface area contributed by atoms with Gasteiger partial charge < -0.3 is 23.7 Å². The van der Waals surface area contributed by atoms with Crippen LogP contribution < -0.4 is 24.4 Å². The first kappa shape index (κ1) is 29.9. The summed E-state index contributed by atoms with van der Waals surface area (Å²) in [6, 6.07) is 12.3. The van der Waals surface area contributed by atoms with E-state index in [-0.39, 0.29) is 28.3 Å². The van der Waals surface area contributed by atoms with Crippen molar-refractivity contribution in [1.29, 1.82) is 0 Å². The molecule has 0 aliphatic carbocycles. The van der Waals surface area contributed by atoms with Crippen LogP contribution in [0.4, 0.5) is 0 Å². The molecule has 0 saturated heterocycles. The van der Waals surface area contributed by atoms with Crippen LogP contribution in [-0.2, 0) is 9.53 Å². The number of hydrogen-bond acceptors (Lipinski definition) is 9. The van der Waals surface area contributed by atoms with Gasteiger partial charge >= 0.3 is 11.9 Å². The maximum Gasteiger partial charge on any atom is 0.338 e. The van der Waals surface area contributed by atoms with Gasteiger partial charge in [-0.25, -0.2) is 14.6 Å². The van der Waals surface area contributed by atoms with Gasteiger partial charge in [-0.1, -0.05) is 29.0 Å². The van der Waals surface area contributed by atoms with Crippen molar-refractivity contribution >= 4 is 41.0 Å². The van der Waals surface area contributed by atoms with E-state index in [2.05, 4.69) is 4.99 Å². The molecule has 4 aromatic rings. The van der Waals surface area contributed by atoms with Gasteiger partial charge in [0.1, 0.15) is 11.5 Å². The highest BCUT2D eigenvalue weighted by atomic mass is 35.5. The summed E-state index contributed by atoms with van der Waals surface area (Å²) < 4.78 is 24.3. The molecule has 2 aromatic heterocycles. The summed E-state index contributed by atoms with van der Waals surface area (Å²) in [5.41, 5.74) is 1.38. The summed E-state index contributed by atoms with van der Waals surface area (Å²) in [7, 11) is 1.53. The van der Waals surface area contributed by atoms with Crippen LogP contribution in [-0.4, -0.2) is 41.9 Å². The lowest BCUT2D eigenvalue weighted by molar-refractivity contribution is -0.139. The third kappa shape index (κ3) is 5.73. The fourth-order valence-electron chi connectivity index (χ4n) is 4.80. The number of carboxylic acid groups (broad SMARTS) is 1. The molecule has 0 amide bonds. The van der Waals surface area contributed by atoms with E-state index in [9.17, 15) is 19.5 Å². The van der Waals surface area contributed by atoms with E-state index in [0.29, 0.717) is 55.8 Å². The van der Waals surface area contributed by atoms with Crippen molar-refractivity contribution in [3.05, 3.63) is 101 Å². The van der Waals surface area contributed by atoms with Gasteiger partial charge in [0, 0.05) is 11.6 Å². The van der Waals surface area contributed by atoms with Crippen molar-refractivity contribution in [2.24, 2.45) is 4.99 Å². The Balaban J connectivity index is 1.63. The zero-order chi connectivity index (χ0) is 30.8. The predicted octanol–water partition coefficient (Wildman–Crippen LogP) is 4.82. The number of carbonyl (C=O) groups excluding carboxylic acids is 1. The SMILES string of the molecule is CCOC(=O)C1=C(C)N=c2s/c(=C\c3ccc(-c4ccc(Cl)c(C(=O)O)c4)o3)c(=O)n2[C@@H]1c1ccc(OC)c(OCC)c1. The van der Waals surface area contributed by atoms with Crippen molar-refractivity contribution in [3.8, 4) is 22.8 Å². The van der Waals surface area contributed by atoms with Crippen LogP contribution >= 0.6 is 22.9 Å². The molecule has 0 unspecified atom stereocenters. The number of aromatic nitrogens is 1. The first-order chi connectivity index (χ1) is 20.7. The van der Waals surface area contributed by atoms with Gasteiger partial charge in [0.2, 0.25) is 0 Å². The Hall–Kier alpha value is -4.61. The molecule has 0 saturated carbocycles. The number of methoxy groups -OCH3 is 1. The molecule has 5 rings (SSSR count). The molecule has 1 N–H and O–H groups in total. The molecule has 3 heterocycles. The molecule has 10 nitrogen and oxygen atoms in total. The monoisotopic (exact) mass is 622 g/mol. The molecule has 0 spiro atoms. The lowest BCUT2D eigenvalue weighted by atomic mass is 9.95. The summed E-state index contributed by atoms with van der Waals surface area (Å²) in [6.45, 7) is 5.81. The minimum atomic E-state index is -1.16. The van der Waals surface area contributed by atoms with E-state index in [0.717, 1.165) is 11.3 Å². The molecule has 222 valence electrons. The van der Waals surface area contributed by atoms with Gasteiger partial charge in [-0.3, -0.25) is 9.36 Å². The molecular weight excluding hydrogens is 596 g/mol. The third-order valence-corrected chi connectivity index (χ3v) is 8.01. The number of halogens is 1. The topological polar surface area (TPSA) is 130 Å². The smallest absolute Gasteiger partial charge is 0.338 e. The highest BCUT2D eigenvalue weighted by molar-refractivity contribution is 7.07. The van der Waals surface area contributed by atoms with Gasteiger partial charge in [0.15, 0.2) is 16.3 Å². The second-order valence-corrected chi connectivity index (χ2v) is 10.8. The number of allylic oxidation sites excluding steroid dienone is 1. The van der Waals surface area contributed by atoms with Gasteiger partial charge in [0.25, 0.3) is 5.56 Å². The van der Waals surface area contributed by atoms with Crippen LogP contribution in [0.15, 0.2) is 74.0 Å². The average molecular weight is 623 g/mol.